The Morgan fingerprint density at radius 2 is 2.24 bits per heavy atom. The van der Waals surface area contributed by atoms with Gasteiger partial charge in [0.2, 0.25) is 0 Å². The van der Waals surface area contributed by atoms with Crippen molar-refractivity contribution < 1.29 is 0 Å². The molecule has 1 unspecified atom stereocenters. The quantitative estimate of drug-likeness (QED) is 0.862. The molecule has 0 amide bonds. The van der Waals surface area contributed by atoms with Crippen molar-refractivity contribution in [3.8, 4) is 0 Å². The van der Waals surface area contributed by atoms with E-state index in [-0.39, 0.29) is 0 Å². The van der Waals surface area contributed by atoms with Crippen molar-refractivity contribution in [3.05, 3.63) is 29.3 Å². The molecule has 0 spiro atoms. The highest BCUT2D eigenvalue weighted by atomic mass is 15.1. The number of nitrogens with zero attached hydrogens (tertiary/aromatic N) is 1. The molecule has 2 nitrogen and oxygen atoms in total. The molecular weight excluding hydrogens is 208 g/mol. The van der Waals surface area contributed by atoms with Crippen LogP contribution in [0.2, 0.25) is 0 Å². The summed E-state index contributed by atoms with van der Waals surface area (Å²) in [5, 5.41) is 3.28. The van der Waals surface area contributed by atoms with Gasteiger partial charge in [-0.1, -0.05) is 17.7 Å². The lowest BCUT2D eigenvalue weighted by Gasteiger charge is -2.22. The Labute approximate surface area is 105 Å². The van der Waals surface area contributed by atoms with Crippen LogP contribution in [0.4, 0.5) is 5.69 Å². The van der Waals surface area contributed by atoms with Crippen molar-refractivity contribution in [2.24, 2.45) is 0 Å². The van der Waals surface area contributed by atoms with E-state index in [1.54, 1.807) is 5.56 Å². The third-order valence-electron chi connectivity index (χ3n) is 3.82. The summed E-state index contributed by atoms with van der Waals surface area (Å²) in [6.07, 6.45) is 3.88. The standard InChI is InChI=1S/C15H24N2/c1-12-6-7-15-14(11-12)13(8-9-16-2)5-4-10-17(15)3/h6-7,11,13,16H,4-5,8-10H2,1-3H3. The first-order valence-corrected chi connectivity index (χ1v) is 6.68. The highest BCUT2D eigenvalue weighted by molar-refractivity contribution is 5.56. The van der Waals surface area contributed by atoms with E-state index < -0.39 is 0 Å². The van der Waals surface area contributed by atoms with E-state index in [4.69, 9.17) is 0 Å². The van der Waals surface area contributed by atoms with Crippen LogP contribution < -0.4 is 10.2 Å². The van der Waals surface area contributed by atoms with Crippen molar-refractivity contribution in [3.63, 3.8) is 0 Å². The number of hydrogen-bond donors (Lipinski definition) is 1. The van der Waals surface area contributed by atoms with E-state index in [1.807, 2.05) is 7.05 Å². The second kappa shape index (κ2) is 5.54. The van der Waals surface area contributed by atoms with Crippen LogP contribution in [-0.4, -0.2) is 27.2 Å². The minimum atomic E-state index is 0.724. The molecule has 0 fully saturated rings. The van der Waals surface area contributed by atoms with Gasteiger partial charge in [0.05, 0.1) is 0 Å². The van der Waals surface area contributed by atoms with Crippen LogP contribution in [0, 0.1) is 6.92 Å². The fraction of sp³-hybridized carbons (Fsp3) is 0.600. The molecule has 0 saturated carbocycles. The molecule has 2 heteroatoms. The molecule has 94 valence electrons. The molecule has 1 aromatic carbocycles. The summed E-state index contributed by atoms with van der Waals surface area (Å²) in [5.74, 6) is 0.724. The van der Waals surface area contributed by atoms with Crippen molar-refractivity contribution in [2.75, 3.05) is 32.1 Å². The van der Waals surface area contributed by atoms with Gasteiger partial charge in [0, 0.05) is 19.3 Å². The van der Waals surface area contributed by atoms with Gasteiger partial charge in [0.25, 0.3) is 0 Å². The molecular formula is C15H24N2. The monoisotopic (exact) mass is 232 g/mol. The Kier molecular flexibility index (Phi) is 4.06. The van der Waals surface area contributed by atoms with Gasteiger partial charge in [-0.15, -0.1) is 0 Å². The van der Waals surface area contributed by atoms with Crippen LogP contribution in [0.5, 0.6) is 0 Å². The van der Waals surface area contributed by atoms with Crippen LogP contribution in [0.15, 0.2) is 18.2 Å². The highest BCUT2D eigenvalue weighted by Gasteiger charge is 2.20. The van der Waals surface area contributed by atoms with Gasteiger partial charge in [-0.3, -0.25) is 0 Å². The minimum absolute atomic E-state index is 0.724. The third kappa shape index (κ3) is 2.81. The lowest BCUT2D eigenvalue weighted by molar-refractivity contribution is 0.552. The number of fused-ring (bicyclic) bond motifs is 1. The van der Waals surface area contributed by atoms with Crippen molar-refractivity contribution >= 4 is 5.69 Å². The summed E-state index contributed by atoms with van der Waals surface area (Å²) in [6, 6.07) is 6.91. The Morgan fingerprint density at radius 1 is 1.41 bits per heavy atom. The molecule has 17 heavy (non-hydrogen) atoms. The van der Waals surface area contributed by atoms with E-state index in [1.165, 1.54) is 37.1 Å². The van der Waals surface area contributed by atoms with Crippen LogP contribution >= 0.6 is 0 Å². The second-order valence-corrected chi connectivity index (χ2v) is 5.22. The highest BCUT2D eigenvalue weighted by Crippen LogP contribution is 2.36. The Hall–Kier alpha value is -1.02. The number of anilines is 1. The summed E-state index contributed by atoms with van der Waals surface area (Å²) in [7, 11) is 4.26. The Balaban J connectivity index is 2.31. The molecule has 1 aromatic rings. The maximum atomic E-state index is 3.28. The number of aryl methyl sites for hydroxylation is 1. The fourth-order valence-electron chi connectivity index (χ4n) is 2.82. The normalized spacial score (nSPS) is 19.9. The molecule has 0 aromatic heterocycles. The van der Waals surface area contributed by atoms with E-state index >= 15 is 0 Å². The zero-order valence-electron chi connectivity index (χ0n) is 11.3. The van der Waals surface area contributed by atoms with Crippen molar-refractivity contribution in [2.45, 2.75) is 32.1 Å². The fourth-order valence-corrected chi connectivity index (χ4v) is 2.82. The SMILES string of the molecule is CNCCC1CCCN(C)c2ccc(C)cc21. The molecule has 0 aliphatic carbocycles. The van der Waals surface area contributed by atoms with Gasteiger partial charge in [0.1, 0.15) is 0 Å². The first kappa shape index (κ1) is 12.4. The summed E-state index contributed by atoms with van der Waals surface area (Å²) in [6.45, 7) is 4.49. The lowest BCUT2D eigenvalue weighted by Crippen LogP contribution is -2.17. The van der Waals surface area contributed by atoms with Crippen molar-refractivity contribution in [1.29, 1.82) is 0 Å². The number of benzene rings is 1. The minimum Gasteiger partial charge on any atom is -0.374 e. The van der Waals surface area contributed by atoms with Gasteiger partial charge >= 0.3 is 0 Å². The van der Waals surface area contributed by atoms with Gasteiger partial charge in [-0.05, 0) is 57.3 Å². The average molecular weight is 232 g/mol. The summed E-state index contributed by atoms with van der Waals surface area (Å²) >= 11 is 0. The van der Waals surface area contributed by atoms with Gasteiger partial charge < -0.3 is 10.2 Å². The predicted octanol–water partition coefficient (Wildman–Crippen LogP) is 2.92. The van der Waals surface area contributed by atoms with Crippen molar-refractivity contribution in [1.82, 2.24) is 5.32 Å². The second-order valence-electron chi connectivity index (χ2n) is 5.22. The maximum Gasteiger partial charge on any atom is 0.0399 e. The van der Waals surface area contributed by atoms with Crippen LogP contribution in [-0.2, 0) is 0 Å². The molecule has 0 saturated heterocycles. The summed E-state index contributed by atoms with van der Waals surface area (Å²) in [5.41, 5.74) is 4.38. The smallest absolute Gasteiger partial charge is 0.0399 e. The molecule has 1 heterocycles. The number of hydrogen-bond acceptors (Lipinski definition) is 2. The predicted molar refractivity (Wildman–Crippen MR) is 75.0 cm³/mol. The van der Waals surface area contributed by atoms with Gasteiger partial charge in [-0.25, -0.2) is 0 Å². The zero-order valence-corrected chi connectivity index (χ0v) is 11.3. The maximum absolute atomic E-state index is 3.28. The summed E-state index contributed by atoms with van der Waals surface area (Å²) in [4.78, 5) is 2.41. The molecule has 1 N–H and O–H groups in total. The lowest BCUT2D eigenvalue weighted by atomic mass is 9.90. The van der Waals surface area contributed by atoms with Crippen LogP contribution in [0.3, 0.4) is 0 Å². The third-order valence-corrected chi connectivity index (χ3v) is 3.82. The Morgan fingerprint density at radius 3 is 3.00 bits per heavy atom. The molecule has 1 aliphatic heterocycles. The zero-order chi connectivity index (χ0) is 12.3. The average Bonchev–Trinajstić information content (AvgIpc) is 2.46. The van der Waals surface area contributed by atoms with E-state index in [0.717, 1.165) is 12.5 Å². The van der Waals surface area contributed by atoms with E-state index in [0.29, 0.717) is 0 Å². The molecule has 0 radical (unpaired) electrons. The number of nitrogens with one attached hydrogen (secondary N) is 1. The van der Waals surface area contributed by atoms with E-state index in [9.17, 15) is 0 Å². The first-order chi connectivity index (χ1) is 8.22. The van der Waals surface area contributed by atoms with E-state index in [2.05, 4.69) is 42.4 Å². The van der Waals surface area contributed by atoms with Gasteiger partial charge in [0.15, 0.2) is 0 Å². The Bertz CT molecular complexity index is 373. The number of rotatable bonds is 3. The molecule has 2 rings (SSSR count). The van der Waals surface area contributed by atoms with Crippen LogP contribution in [0.1, 0.15) is 36.3 Å². The molecule has 0 bridgehead atoms. The molecule has 1 aliphatic rings. The first-order valence-electron chi connectivity index (χ1n) is 6.68. The van der Waals surface area contributed by atoms with Gasteiger partial charge in [-0.2, -0.15) is 0 Å². The topological polar surface area (TPSA) is 15.3 Å². The summed E-state index contributed by atoms with van der Waals surface area (Å²) < 4.78 is 0. The van der Waals surface area contributed by atoms with Crippen LogP contribution in [0.25, 0.3) is 0 Å². The molecule has 1 atom stereocenters. The largest absolute Gasteiger partial charge is 0.374 e.